The van der Waals surface area contributed by atoms with Gasteiger partial charge in [0.25, 0.3) is 0 Å². The lowest BCUT2D eigenvalue weighted by atomic mass is 10.0. The number of hydrogen-bond acceptors (Lipinski definition) is 7. The third-order valence-electron chi connectivity index (χ3n) is 9.46. The molecule has 0 fully saturated rings. The number of nitrogens with one attached hydrogen (secondary N) is 1. The Morgan fingerprint density at radius 1 is 0.561 bits per heavy atom. The first-order valence-corrected chi connectivity index (χ1v) is 24.3. The Balaban J connectivity index is 3.63. The number of esters is 1. The Labute approximate surface area is 348 Å². The number of unbranched alkanes of at least 4 members (excludes halogenated alkanes) is 19. The van der Waals surface area contributed by atoms with Crippen molar-refractivity contribution in [2.75, 3.05) is 26.4 Å². The summed E-state index contributed by atoms with van der Waals surface area (Å²) in [5.74, 6) is -0.534. The summed E-state index contributed by atoms with van der Waals surface area (Å²) in [6, 6.07) is 0. The Morgan fingerprint density at radius 3 is 1.51 bits per heavy atom. The first-order valence-electron chi connectivity index (χ1n) is 22.8. The zero-order chi connectivity index (χ0) is 41.8. The summed E-state index contributed by atoms with van der Waals surface area (Å²) in [5.41, 5.74) is 0. The zero-order valence-corrected chi connectivity index (χ0v) is 37.2. The van der Waals surface area contributed by atoms with Crippen LogP contribution in [-0.4, -0.2) is 54.3 Å². The Hall–Kier alpha value is -2.29. The fraction of sp³-hybridized carbons (Fsp3) is 0.745. The lowest BCUT2D eigenvalue weighted by Gasteiger charge is -2.15. The molecule has 0 aromatic heterocycles. The topological polar surface area (TPSA) is 131 Å². The summed E-state index contributed by atoms with van der Waals surface area (Å²) in [6.07, 6.45) is 51.5. The molecule has 0 aliphatic heterocycles. The second-order valence-electron chi connectivity index (χ2n) is 15.0. The highest BCUT2D eigenvalue weighted by Crippen LogP contribution is 2.42. The van der Waals surface area contributed by atoms with Crippen LogP contribution in [0.1, 0.15) is 194 Å². The molecule has 0 aliphatic carbocycles. The Kier molecular flexibility index (Phi) is 41.6. The van der Waals surface area contributed by atoms with Crippen LogP contribution in [0.4, 0.5) is 0 Å². The van der Waals surface area contributed by atoms with Crippen LogP contribution in [-0.2, 0) is 27.9 Å². The van der Waals surface area contributed by atoms with Crippen LogP contribution in [0.15, 0.2) is 60.8 Å². The molecular weight excluding hydrogens is 737 g/mol. The van der Waals surface area contributed by atoms with Crippen molar-refractivity contribution in [3.8, 4) is 0 Å². The van der Waals surface area contributed by atoms with Gasteiger partial charge in [0.15, 0.2) is 0 Å². The van der Waals surface area contributed by atoms with E-state index in [0.717, 1.165) is 89.9 Å². The summed E-state index contributed by atoms with van der Waals surface area (Å²) in [7, 11) is -4.42. The van der Waals surface area contributed by atoms with E-state index in [-0.39, 0.29) is 32.1 Å². The lowest BCUT2D eigenvalue weighted by Crippen LogP contribution is -2.27. The maximum Gasteiger partial charge on any atom is 0.472 e. The molecule has 0 heterocycles. The predicted octanol–water partition coefficient (Wildman–Crippen LogP) is 12.9. The van der Waals surface area contributed by atoms with Gasteiger partial charge in [0.1, 0.15) is 12.7 Å². The minimum Gasteiger partial charge on any atom is -0.463 e. The van der Waals surface area contributed by atoms with E-state index in [9.17, 15) is 24.2 Å². The highest BCUT2D eigenvalue weighted by molar-refractivity contribution is 7.47. The van der Waals surface area contributed by atoms with Crippen molar-refractivity contribution in [1.29, 1.82) is 0 Å². The number of carbonyl (C=O) groups excluding carboxylic acids is 2. The minimum absolute atomic E-state index is 0.0689. The molecule has 0 radical (unpaired) electrons. The van der Waals surface area contributed by atoms with Crippen LogP contribution in [0.25, 0.3) is 0 Å². The van der Waals surface area contributed by atoms with Gasteiger partial charge >= 0.3 is 13.8 Å². The molecule has 330 valence electrons. The molecule has 0 saturated carbocycles. The predicted molar refractivity (Wildman–Crippen MR) is 238 cm³/mol. The first kappa shape index (κ1) is 54.7. The molecule has 0 aliphatic rings. The molecule has 2 unspecified atom stereocenters. The second kappa shape index (κ2) is 43.3. The van der Waals surface area contributed by atoms with E-state index >= 15 is 0 Å². The molecule has 0 bridgehead atoms. The summed E-state index contributed by atoms with van der Waals surface area (Å²) in [5, 5.41) is 12.7. The van der Waals surface area contributed by atoms with Crippen LogP contribution in [0, 0.1) is 0 Å². The van der Waals surface area contributed by atoms with Crippen molar-refractivity contribution in [1.82, 2.24) is 5.32 Å². The van der Waals surface area contributed by atoms with E-state index in [0.29, 0.717) is 6.42 Å². The van der Waals surface area contributed by atoms with Gasteiger partial charge in [-0.05, 0) is 57.8 Å². The molecular formula is C47H84NO8P. The SMILES string of the molecule is CC/C=C\C/C=C\C/C=C\C/C=C\C/C=C\CCCCCCCC(=O)NCCOP(=O)(O)OCC(O)COC(=O)CCCCCCCCCCCCCCCCC. The van der Waals surface area contributed by atoms with Crippen molar-refractivity contribution in [3.63, 3.8) is 0 Å². The largest absolute Gasteiger partial charge is 0.472 e. The Morgan fingerprint density at radius 2 is 1.00 bits per heavy atom. The monoisotopic (exact) mass is 822 g/mol. The van der Waals surface area contributed by atoms with Gasteiger partial charge in [-0.25, -0.2) is 4.57 Å². The molecule has 57 heavy (non-hydrogen) atoms. The van der Waals surface area contributed by atoms with Gasteiger partial charge in [0.2, 0.25) is 5.91 Å². The second-order valence-corrected chi connectivity index (χ2v) is 16.5. The van der Waals surface area contributed by atoms with Crippen LogP contribution in [0.5, 0.6) is 0 Å². The standard InChI is InChI=1S/C47H84NO8P/c1-3-5-7-9-11-13-15-17-19-20-21-22-23-24-26-27-29-31-33-35-37-39-46(50)48-41-42-55-57(52,53)56-44-45(49)43-54-47(51)40-38-36-34-32-30-28-25-18-16-14-12-10-8-6-4-2/h5,7,11,13,17,19,21-22,24,26,45,49H,3-4,6,8-10,12,14-16,18,20,23,25,27-44H2,1-2H3,(H,48,50)(H,52,53)/b7-5-,13-11-,19-17-,22-21-,26-24-. The quantitative estimate of drug-likeness (QED) is 0.0240. The molecule has 3 N–H and O–H groups in total. The van der Waals surface area contributed by atoms with Gasteiger partial charge in [-0.3, -0.25) is 18.6 Å². The third-order valence-corrected chi connectivity index (χ3v) is 10.4. The molecule has 2 atom stereocenters. The number of phosphoric acid groups is 1. The lowest BCUT2D eigenvalue weighted by molar-refractivity contribution is -0.147. The fourth-order valence-electron chi connectivity index (χ4n) is 6.05. The first-order chi connectivity index (χ1) is 27.8. The number of ether oxygens (including phenoxy) is 1. The van der Waals surface area contributed by atoms with Crippen molar-refractivity contribution < 1.29 is 37.9 Å². The number of hydrogen-bond donors (Lipinski definition) is 3. The fourth-order valence-corrected chi connectivity index (χ4v) is 6.81. The van der Waals surface area contributed by atoms with Gasteiger partial charge in [0.05, 0.1) is 13.2 Å². The average molecular weight is 822 g/mol. The summed E-state index contributed by atoms with van der Waals surface area (Å²) in [4.78, 5) is 33.9. The van der Waals surface area contributed by atoms with Crippen molar-refractivity contribution in [3.05, 3.63) is 60.8 Å². The van der Waals surface area contributed by atoms with Crippen LogP contribution in [0.3, 0.4) is 0 Å². The smallest absolute Gasteiger partial charge is 0.463 e. The van der Waals surface area contributed by atoms with Crippen LogP contribution >= 0.6 is 7.82 Å². The normalized spacial score (nSPS) is 13.8. The summed E-state index contributed by atoms with van der Waals surface area (Å²) < 4.78 is 26.9. The number of phosphoric ester groups is 1. The van der Waals surface area contributed by atoms with Gasteiger partial charge < -0.3 is 20.1 Å². The molecule has 0 aromatic carbocycles. The van der Waals surface area contributed by atoms with E-state index in [2.05, 4.69) is 79.9 Å². The van der Waals surface area contributed by atoms with E-state index in [1.165, 1.54) is 77.0 Å². The van der Waals surface area contributed by atoms with Gasteiger partial charge in [-0.1, -0.05) is 184 Å². The summed E-state index contributed by atoms with van der Waals surface area (Å²) in [6.45, 7) is 3.42. The van der Waals surface area contributed by atoms with Crippen molar-refractivity contribution in [2.45, 2.75) is 200 Å². The van der Waals surface area contributed by atoms with Crippen molar-refractivity contribution in [2.24, 2.45) is 0 Å². The Bertz CT molecular complexity index is 1120. The molecule has 9 nitrogen and oxygen atoms in total. The van der Waals surface area contributed by atoms with Gasteiger partial charge in [0, 0.05) is 19.4 Å². The molecule has 0 aromatic rings. The number of amides is 1. The highest BCUT2D eigenvalue weighted by atomic mass is 31.2. The van der Waals surface area contributed by atoms with Crippen LogP contribution in [0.2, 0.25) is 0 Å². The maximum atomic E-state index is 12.1. The van der Waals surface area contributed by atoms with Crippen LogP contribution < -0.4 is 5.32 Å². The third kappa shape index (κ3) is 44.7. The molecule has 10 heteroatoms. The van der Waals surface area contributed by atoms with E-state index < -0.39 is 26.5 Å². The zero-order valence-electron chi connectivity index (χ0n) is 36.3. The number of aliphatic hydroxyl groups excluding tert-OH is 1. The number of aliphatic hydroxyl groups is 1. The molecule has 0 saturated heterocycles. The molecule has 0 spiro atoms. The molecule has 0 rings (SSSR count). The van der Waals surface area contributed by atoms with Crippen molar-refractivity contribution >= 4 is 19.7 Å². The minimum atomic E-state index is -4.42. The number of rotatable bonds is 42. The van der Waals surface area contributed by atoms with E-state index in [1.54, 1.807) is 0 Å². The average Bonchev–Trinajstić information content (AvgIpc) is 3.20. The van der Waals surface area contributed by atoms with Gasteiger partial charge in [-0.2, -0.15) is 0 Å². The highest BCUT2D eigenvalue weighted by Gasteiger charge is 2.23. The maximum absolute atomic E-state index is 12.1. The van der Waals surface area contributed by atoms with E-state index in [1.807, 2.05) is 0 Å². The summed E-state index contributed by atoms with van der Waals surface area (Å²) >= 11 is 0. The van der Waals surface area contributed by atoms with Gasteiger partial charge in [-0.15, -0.1) is 0 Å². The molecule has 1 amide bonds. The van der Waals surface area contributed by atoms with E-state index in [4.69, 9.17) is 13.8 Å². The number of carbonyl (C=O) groups is 2. The number of allylic oxidation sites excluding steroid dienone is 10.